The molecule has 0 saturated carbocycles. The van der Waals surface area contributed by atoms with Gasteiger partial charge in [0, 0.05) is 6.42 Å². The van der Waals surface area contributed by atoms with Crippen LogP contribution in [0.3, 0.4) is 0 Å². The first-order valence-electron chi connectivity index (χ1n) is 3.13. The maximum Gasteiger partial charge on any atom is 0.237 e. The second-order valence-corrected chi connectivity index (χ2v) is 1.96. The summed E-state index contributed by atoms with van der Waals surface area (Å²) in [5.41, 5.74) is 0. The molecule has 2 nitrogen and oxygen atoms in total. The molecule has 2 unspecified atom stereocenters. The smallest absolute Gasteiger partial charge is 0.237 e. The minimum Gasteiger partial charge on any atom is -0.412 e. The topological polar surface area (TPSA) is 21.8 Å². The first kappa shape index (κ1) is 6.44. The SMILES string of the molecule is CCC#COC1OC1C. The van der Waals surface area contributed by atoms with E-state index in [4.69, 9.17) is 9.47 Å². The third kappa shape index (κ3) is 1.95. The van der Waals surface area contributed by atoms with Gasteiger partial charge in [0.25, 0.3) is 0 Å². The lowest BCUT2D eigenvalue weighted by molar-refractivity contribution is 0.149. The van der Waals surface area contributed by atoms with Crippen molar-refractivity contribution in [3.8, 4) is 12.0 Å². The number of ether oxygens (including phenoxy) is 2. The highest BCUT2D eigenvalue weighted by Crippen LogP contribution is 2.20. The summed E-state index contributed by atoms with van der Waals surface area (Å²) in [6.07, 6.45) is 3.58. The van der Waals surface area contributed by atoms with Crippen molar-refractivity contribution in [3.05, 3.63) is 0 Å². The predicted octanol–water partition coefficient (Wildman–Crippen LogP) is 1.12. The Balaban J connectivity index is 2.06. The molecule has 1 aliphatic heterocycles. The maximum absolute atomic E-state index is 4.94. The zero-order chi connectivity index (χ0) is 6.69. The standard InChI is InChI=1S/C7H10O2/c1-3-4-5-8-7-6(2)9-7/h6-7H,3H2,1-2H3. The van der Waals surface area contributed by atoms with Gasteiger partial charge in [0.2, 0.25) is 6.29 Å². The molecule has 2 atom stereocenters. The Hall–Kier alpha value is -0.680. The molecule has 1 aliphatic rings. The Kier molecular flexibility index (Phi) is 1.96. The van der Waals surface area contributed by atoms with E-state index in [1.807, 2.05) is 13.8 Å². The van der Waals surface area contributed by atoms with Crippen molar-refractivity contribution in [2.45, 2.75) is 32.7 Å². The van der Waals surface area contributed by atoms with Crippen LogP contribution in [0.5, 0.6) is 0 Å². The molecule has 1 saturated heterocycles. The summed E-state index contributed by atoms with van der Waals surface area (Å²) in [5, 5.41) is 0. The van der Waals surface area contributed by atoms with Crippen molar-refractivity contribution in [3.63, 3.8) is 0 Å². The number of hydrogen-bond donors (Lipinski definition) is 0. The number of epoxide rings is 1. The third-order valence-corrected chi connectivity index (χ3v) is 1.08. The van der Waals surface area contributed by atoms with Crippen LogP contribution in [-0.4, -0.2) is 12.4 Å². The van der Waals surface area contributed by atoms with Crippen molar-refractivity contribution in [1.82, 2.24) is 0 Å². The Morgan fingerprint density at radius 3 is 2.78 bits per heavy atom. The lowest BCUT2D eigenvalue weighted by Crippen LogP contribution is -1.89. The molecule has 0 bridgehead atoms. The largest absolute Gasteiger partial charge is 0.412 e. The van der Waals surface area contributed by atoms with E-state index in [1.165, 1.54) is 0 Å². The quantitative estimate of drug-likeness (QED) is 0.388. The van der Waals surface area contributed by atoms with Gasteiger partial charge in [-0.25, -0.2) is 0 Å². The first-order chi connectivity index (χ1) is 4.34. The van der Waals surface area contributed by atoms with Gasteiger partial charge in [0.05, 0.1) is 0 Å². The summed E-state index contributed by atoms with van der Waals surface area (Å²) < 4.78 is 9.86. The Morgan fingerprint density at radius 2 is 2.33 bits per heavy atom. The van der Waals surface area contributed by atoms with Crippen LogP contribution in [0.25, 0.3) is 0 Å². The lowest BCUT2D eigenvalue weighted by Gasteiger charge is -1.83. The van der Waals surface area contributed by atoms with Crippen molar-refractivity contribution in [2.75, 3.05) is 0 Å². The normalized spacial score (nSPS) is 30.4. The molecule has 1 heterocycles. The van der Waals surface area contributed by atoms with E-state index in [-0.39, 0.29) is 12.4 Å². The van der Waals surface area contributed by atoms with Gasteiger partial charge in [-0.05, 0) is 6.92 Å². The van der Waals surface area contributed by atoms with E-state index < -0.39 is 0 Å². The number of rotatable bonds is 1. The molecule has 0 spiro atoms. The van der Waals surface area contributed by atoms with Crippen molar-refractivity contribution in [2.24, 2.45) is 0 Å². The molecule has 2 heteroatoms. The van der Waals surface area contributed by atoms with Gasteiger partial charge in [0.1, 0.15) is 12.2 Å². The fourth-order valence-electron chi connectivity index (χ4n) is 0.462. The summed E-state index contributed by atoms with van der Waals surface area (Å²) in [5.74, 6) is 2.79. The minimum absolute atomic E-state index is 0.0518. The van der Waals surface area contributed by atoms with Gasteiger partial charge >= 0.3 is 0 Å². The maximum atomic E-state index is 4.94. The monoisotopic (exact) mass is 126 g/mol. The van der Waals surface area contributed by atoms with E-state index in [0.717, 1.165) is 6.42 Å². The average Bonchev–Trinajstić information content (AvgIpc) is 2.48. The summed E-state index contributed by atoms with van der Waals surface area (Å²) >= 11 is 0. The van der Waals surface area contributed by atoms with Crippen molar-refractivity contribution >= 4 is 0 Å². The summed E-state index contributed by atoms with van der Waals surface area (Å²) in [4.78, 5) is 0. The van der Waals surface area contributed by atoms with E-state index in [2.05, 4.69) is 12.0 Å². The third-order valence-electron chi connectivity index (χ3n) is 1.08. The molecule has 9 heavy (non-hydrogen) atoms. The second kappa shape index (κ2) is 2.75. The van der Waals surface area contributed by atoms with Crippen LogP contribution in [0, 0.1) is 12.0 Å². The van der Waals surface area contributed by atoms with E-state index >= 15 is 0 Å². The van der Waals surface area contributed by atoms with Crippen LogP contribution in [0.1, 0.15) is 20.3 Å². The summed E-state index contributed by atoms with van der Waals surface area (Å²) in [7, 11) is 0. The van der Waals surface area contributed by atoms with Crippen LogP contribution >= 0.6 is 0 Å². The van der Waals surface area contributed by atoms with Crippen LogP contribution in [-0.2, 0) is 9.47 Å². The van der Waals surface area contributed by atoms with Gasteiger partial charge in [0.15, 0.2) is 0 Å². The molecular weight excluding hydrogens is 116 g/mol. The molecule has 1 fully saturated rings. The van der Waals surface area contributed by atoms with Crippen LogP contribution in [0.2, 0.25) is 0 Å². The van der Waals surface area contributed by atoms with Gasteiger partial charge < -0.3 is 9.47 Å². The van der Waals surface area contributed by atoms with Gasteiger partial charge in [-0.1, -0.05) is 12.8 Å². The molecule has 0 aromatic carbocycles. The molecule has 0 amide bonds. The highest BCUT2D eigenvalue weighted by Gasteiger charge is 2.36. The fourth-order valence-corrected chi connectivity index (χ4v) is 0.462. The zero-order valence-electron chi connectivity index (χ0n) is 5.68. The van der Waals surface area contributed by atoms with Crippen molar-refractivity contribution < 1.29 is 9.47 Å². The molecule has 0 aromatic heterocycles. The van der Waals surface area contributed by atoms with E-state index in [0.29, 0.717) is 0 Å². The zero-order valence-corrected chi connectivity index (χ0v) is 5.68. The molecule has 0 aromatic rings. The summed E-state index contributed by atoms with van der Waals surface area (Å²) in [6.45, 7) is 3.94. The van der Waals surface area contributed by atoms with Crippen LogP contribution in [0.15, 0.2) is 0 Å². The first-order valence-corrected chi connectivity index (χ1v) is 3.13. The minimum atomic E-state index is -0.0518. The predicted molar refractivity (Wildman–Crippen MR) is 33.5 cm³/mol. The average molecular weight is 126 g/mol. The molecule has 1 rings (SSSR count). The lowest BCUT2D eigenvalue weighted by atomic mass is 10.5. The Morgan fingerprint density at radius 1 is 1.67 bits per heavy atom. The number of hydrogen-bond acceptors (Lipinski definition) is 2. The highest BCUT2D eigenvalue weighted by atomic mass is 16.8. The second-order valence-electron chi connectivity index (χ2n) is 1.96. The Bertz CT molecular complexity index is 143. The van der Waals surface area contributed by atoms with Crippen molar-refractivity contribution in [1.29, 1.82) is 0 Å². The molecule has 0 aliphatic carbocycles. The molecule has 0 radical (unpaired) electrons. The van der Waals surface area contributed by atoms with Crippen LogP contribution in [0.4, 0.5) is 0 Å². The highest BCUT2D eigenvalue weighted by molar-refractivity contribution is 4.91. The van der Waals surface area contributed by atoms with Gasteiger partial charge in [-0.2, -0.15) is 0 Å². The van der Waals surface area contributed by atoms with Crippen LogP contribution < -0.4 is 0 Å². The van der Waals surface area contributed by atoms with Gasteiger partial charge in [-0.15, -0.1) is 0 Å². The summed E-state index contributed by atoms with van der Waals surface area (Å²) in [6, 6.07) is 0. The molecule has 50 valence electrons. The molecular formula is C7H10O2. The van der Waals surface area contributed by atoms with Gasteiger partial charge in [-0.3, -0.25) is 0 Å². The van der Waals surface area contributed by atoms with E-state index in [9.17, 15) is 0 Å². The van der Waals surface area contributed by atoms with E-state index in [1.54, 1.807) is 0 Å². The fraction of sp³-hybridized carbons (Fsp3) is 0.714. The molecule has 0 N–H and O–H groups in total. The Labute approximate surface area is 55.1 Å².